The first-order valence-electron chi connectivity index (χ1n) is 3.41. The molecule has 0 bridgehead atoms. The summed E-state index contributed by atoms with van der Waals surface area (Å²) in [5.74, 6) is 0.413. The third-order valence-electron chi connectivity index (χ3n) is 1.41. The van der Waals surface area contributed by atoms with Gasteiger partial charge in [0.25, 0.3) is 6.47 Å². The second-order valence-corrected chi connectivity index (χ2v) is 2.14. The quantitative estimate of drug-likeness (QED) is 0.618. The highest BCUT2D eigenvalue weighted by molar-refractivity contribution is 5.59. The van der Waals surface area contributed by atoms with Crippen LogP contribution in [0.3, 0.4) is 0 Å². The third kappa shape index (κ3) is 1.92. The molecular formula is C9H7O3. The summed E-state index contributed by atoms with van der Waals surface area (Å²) in [6.07, 6.45) is 1.88. The summed E-state index contributed by atoms with van der Waals surface area (Å²) in [4.78, 5) is 20.1. The van der Waals surface area contributed by atoms with Crippen LogP contribution in [-0.4, -0.2) is 12.8 Å². The molecule has 3 nitrogen and oxygen atoms in total. The maximum Gasteiger partial charge on any atom is 0.298 e. The lowest BCUT2D eigenvalue weighted by Gasteiger charge is -2.01. The number of carbonyl (C=O) groups is 1. The molecule has 0 heterocycles. The molecule has 0 atom stereocenters. The molecule has 0 N–H and O–H groups in total. The maximum absolute atomic E-state index is 10.1. The van der Waals surface area contributed by atoms with E-state index < -0.39 is 0 Å². The van der Waals surface area contributed by atoms with Gasteiger partial charge in [-0.25, -0.2) is 0 Å². The van der Waals surface area contributed by atoms with E-state index in [1.54, 1.807) is 30.6 Å². The molecule has 1 aromatic carbocycles. The summed E-state index contributed by atoms with van der Waals surface area (Å²) in [5.41, 5.74) is 0.666. The highest BCUT2D eigenvalue weighted by Gasteiger charge is 2.00. The Balaban J connectivity index is 2.90. The van der Waals surface area contributed by atoms with Gasteiger partial charge in [0.1, 0.15) is 5.75 Å². The molecule has 0 amide bonds. The Kier molecular flexibility index (Phi) is 3.02. The molecular weight excluding hydrogens is 156 g/mol. The van der Waals surface area contributed by atoms with Gasteiger partial charge in [0.2, 0.25) is 6.29 Å². The zero-order valence-corrected chi connectivity index (χ0v) is 6.32. The molecule has 3 heteroatoms. The lowest BCUT2D eigenvalue weighted by atomic mass is 10.1. The largest absolute Gasteiger partial charge is 0.428 e. The van der Waals surface area contributed by atoms with Gasteiger partial charge in [0.05, 0.1) is 0 Å². The molecule has 0 saturated heterocycles. The fourth-order valence-electron chi connectivity index (χ4n) is 0.894. The Morgan fingerprint density at radius 3 is 2.83 bits per heavy atom. The highest BCUT2D eigenvalue weighted by Crippen LogP contribution is 2.16. The van der Waals surface area contributed by atoms with Gasteiger partial charge in [-0.2, -0.15) is 0 Å². The highest BCUT2D eigenvalue weighted by atomic mass is 16.5. The average molecular weight is 163 g/mol. The summed E-state index contributed by atoms with van der Waals surface area (Å²) in [5, 5.41) is 0. The monoisotopic (exact) mass is 163 g/mol. The standard InChI is InChI=1S/C9H7O3/c10-6-5-8-3-1-2-4-9(8)12-7-11/h1-4,7H,5H2. The van der Waals surface area contributed by atoms with Gasteiger partial charge in [-0.05, 0) is 6.07 Å². The van der Waals surface area contributed by atoms with Crippen molar-refractivity contribution >= 4 is 12.8 Å². The van der Waals surface area contributed by atoms with Crippen molar-refractivity contribution in [1.29, 1.82) is 0 Å². The van der Waals surface area contributed by atoms with Crippen LogP contribution in [0.4, 0.5) is 0 Å². The number of ether oxygens (including phenoxy) is 1. The first kappa shape index (κ1) is 8.46. The second-order valence-electron chi connectivity index (χ2n) is 2.14. The summed E-state index contributed by atoms with van der Waals surface area (Å²) in [6.45, 7) is 0.337. The molecule has 0 aliphatic rings. The van der Waals surface area contributed by atoms with Gasteiger partial charge in [-0.1, -0.05) is 18.2 Å². The van der Waals surface area contributed by atoms with Gasteiger partial charge in [-0.3, -0.25) is 9.59 Å². The molecule has 61 valence electrons. The summed E-state index contributed by atoms with van der Waals surface area (Å²) in [6, 6.07) is 6.84. The van der Waals surface area contributed by atoms with Gasteiger partial charge in [0.15, 0.2) is 0 Å². The van der Waals surface area contributed by atoms with Gasteiger partial charge in [0, 0.05) is 12.0 Å². The third-order valence-corrected chi connectivity index (χ3v) is 1.41. The predicted molar refractivity (Wildman–Crippen MR) is 42.5 cm³/mol. The average Bonchev–Trinajstić information content (AvgIpc) is 2.09. The Morgan fingerprint density at radius 2 is 2.17 bits per heavy atom. The van der Waals surface area contributed by atoms with Gasteiger partial charge >= 0.3 is 0 Å². The Bertz CT molecular complexity index is 252. The van der Waals surface area contributed by atoms with Crippen molar-refractivity contribution in [2.75, 3.05) is 0 Å². The molecule has 12 heavy (non-hydrogen) atoms. The van der Waals surface area contributed by atoms with E-state index in [1.165, 1.54) is 0 Å². The van der Waals surface area contributed by atoms with Crippen molar-refractivity contribution in [3.63, 3.8) is 0 Å². The van der Waals surface area contributed by atoms with Crippen molar-refractivity contribution in [1.82, 2.24) is 0 Å². The van der Waals surface area contributed by atoms with E-state index in [1.807, 2.05) is 0 Å². The fourth-order valence-corrected chi connectivity index (χ4v) is 0.894. The van der Waals surface area contributed by atoms with E-state index >= 15 is 0 Å². The number of hydrogen-bond acceptors (Lipinski definition) is 3. The summed E-state index contributed by atoms with van der Waals surface area (Å²) in [7, 11) is 0. The minimum Gasteiger partial charge on any atom is -0.428 e. The first-order chi connectivity index (χ1) is 5.88. The van der Waals surface area contributed by atoms with Crippen molar-refractivity contribution in [2.45, 2.75) is 6.42 Å². The van der Waals surface area contributed by atoms with Crippen LogP contribution in [0.2, 0.25) is 0 Å². The molecule has 0 saturated carbocycles. The topological polar surface area (TPSA) is 43.4 Å². The zero-order chi connectivity index (χ0) is 8.81. The Hall–Kier alpha value is -1.64. The molecule has 1 radical (unpaired) electrons. The van der Waals surface area contributed by atoms with E-state index in [-0.39, 0.29) is 6.42 Å². The molecule has 1 aromatic rings. The van der Waals surface area contributed by atoms with Crippen LogP contribution in [0.1, 0.15) is 5.56 Å². The number of rotatable bonds is 4. The molecule has 0 aliphatic heterocycles. The Morgan fingerprint density at radius 1 is 1.42 bits per heavy atom. The number of benzene rings is 1. The summed E-state index contributed by atoms with van der Waals surface area (Å²) < 4.78 is 4.63. The van der Waals surface area contributed by atoms with Crippen LogP contribution in [0.25, 0.3) is 0 Å². The predicted octanol–water partition coefficient (Wildman–Crippen LogP) is 0.874. The van der Waals surface area contributed by atoms with E-state index in [0.29, 0.717) is 17.8 Å². The molecule has 0 fully saturated rings. The molecule has 0 aliphatic carbocycles. The lowest BCUT2D eigenvalue weighted by molar-refractivity contribution is -0.120. The Labute approximate surface area is 70.0 Å². The van der Waals surface area contributed by atoms with Crippen molar-refractivity contribution in [2.24, 2.45) is 0 Å². The van der Waals surface area contributed by atoms with E-state index in [4.69, 9.17) is 0 Å². The van der Waals surface area contributed by atoms with Crippen molar-refractivity contribution in [3.8, 4) is 5.75 Å². The molecule has 0 unspecified atom stereocenters. The van der Waals surface area contributed by atoms with E-state index in [0.717, 1.165) is 0 Å². The number of carbonyl (C=O) groups excluding carboxylic acids is 2. The maximum atomic E-state index is 10.1. The molecule has 0 aromatic heterocycles. The smallest absolute Gasteiger partial charge is 0.298 e. The second kappa shape index (κ2) is 4.28. The zero-order valence-electron chi connectivity index (χ0n) is 6.32. The summed E-state index contributed by atoms with van der Waals surface area (Å²) >= 11 is 0. The fraction of sp³-hybridized carbons (Fsp3) is 0.111. The lowest BCUT2D eigenvalue weighted by Crippen LogP contribution is -1.94. The minimum absolute atomic E-state index is 0.143. The minimum atomic E-state index is 0.143. The normalized spacial score (nSPS) is 9.00. The van der Waals surface area contributed by atoms with Crippen LogP contribution in [0.15, 0.2) is 24.3 Å². The molecule has 0 spiro atoms. The van der Waals surface area contributed by atoms with E-state index in [9.17, 15) is 9.59 Å². The van der Waals surface area contributed by atoms with Crippen molar-refractivity contribution in [3.05, 3.63) is 29.8 Å². The first-order valence-corrected chi connectivity index (χ1v) is 3.41. The van der Waals surface area contributed by atoms with Crippen LogP contribution in [-0.2, 0) is 16.0 Å². The molecule has 1 rings (SSSR count). The van der Waals surface area contributed by atoms with E-state index in [2.05, 4.69) is 4.74 Å². The van der Waals surface area contributed by atoms with Crippen molar-refractivity contribution < 1.29 is 14.3 Å². The number of hydrogen-bond donors (Lipinski definition) is 0. The van der Waals surface area contributed by atoms with Crippen LogP contribution >= 0.6 is 0 Å². The van der Waals surface area contributed by atoms with Crippen LogP contribution in [0, 0.1) is 0 Å². The van der Waals surface area contributed by atoms with Crippen LogP contribution in [0.5, 0.6) is 5.75 Å². The van der Waals surface area contributed by atoms with Gasteiger partial charge < -0.3 is 4.74 Å². The van der Waals surface area contributed by atoms with Crippen LogP contribution < -0.4 is 4.74 Å². The SMILES string of the molecule is O=[C]Cc1ccccc1OC=O. The number of para-hydroxylation sites is 1. The van der Waals surface area contributed by atoms with Gasteiger partial charge in [-0.15, -0.1) is 0 Å².